The first kappa shape index (κ1) is 10.5. The molecule has 0 bridgehead atoms. The van der Waals surface area contributed by atoms with E-state index in [1.54, 1.807) is 12.1 Å². The summed E-state index contributed by atoms with van der Waals surface area (Å²) in [4.78, 5) is 18.4. The molecule has 1 aliphatic rings. The van der Waals surface area contributed by atoms with Crippen LogP contribution in [0.25, 0.3) is 5.65 Å². The van der Waals surface area contributed by atoms with Gasteiger partial charge in [-0.05, 0) is 39.0 Å². The molecule has 3 heterocycles. The third kappa shape index (κ3) is 1.86. The van der Waals surface area contributed by atoms with Crippen molar-refractivity contribution in [2.75, 3.05) is 20.1 Å². The van der Waals surface area contributed by atoms with Crippen molar-refractivity contribution in [2.24, 2.45) is 0 Å². The van der Waals surface area contributed by atoms with Gasteiger partial charge in [0.1, 0.15) is 5.82 Å². The van der Waals surface area contributed by atoms with Crippen LogP contribution >= 0.6 is 0 Å². The van der Waals surface area contributed by atoms with Crippen molar-refractivity contribution in [3.05, 3.63) is 34.4 Å². The first-order valence-corrected chi connectivity index (χ1v) is 6.00. The fourth-order valence-corrected chi connectivity index (χ4v) is 2.41. The Morgan fingerprint density at radius 3 is 2.82 bits per heavy atom. The minimum Gasteiger partial charge on any atom is -0.306 e. The van der Waals surface area contributed by atoms with E-state index in [0.29, 0.717) is 11.6 Å². The Hall–Kier alpha value is -1.62. The molecular formula is C12H16N4O. The number of nitrogens with zero attached hydrogens (tertiary/aromatic N) is 3. The average molecular weight is 232 g/mol. The molecule has 2 aromatic heterocycles. The first-order chi connectivity index (χ1) is 8.24. The van der Waals surface area contributed by atoms with Crippen LogP contribution in [0.3, 0.4) is 0 Å². The van der Waals surface area contributed by atoms with E-state index in [9.17, 15) is 4.79 Å². The molecule has 0 saturated carbocycles. The zero-order chi connectivity index (χ0) is 11.8. The summed E-state index contributed by atoms with van der Waals surface area (Å²) in [6.07, 6.45) is 2.20. The van der Waals surface area contributed by atoms with Gasteiger partial charge in [-0.3, -0.25) is 9.89 Å². The number of hydrogen-bond acceptors (Lipinski definition) is 3. The molecule has 0 atom stereocenters. The number of H-pyrrole nitrogens is 1. The van der Waals surface area contributed by atoms with Crippen molar-refractivity contribution in [1.82, 2.24) is 19.5 Å². The second kappa shape index (κ2) is 4.00. The fourth-order valence-electron chi connectivity index (χ4n) is 2.41. The van der Waals surface area contributed by atoms with Gasteiger partial charge < -0.3 is 4.90 Å². The van der Waals surface area contributed by atoms with Crippen LogP contribution in [-0.2, 0) is 0 Å². The molecule has 0 aliphatic carbocycles. The Bertz CT molecular complexity index is 577. The van der Waals surface area contributed by atoms with Crippen molar-refractivity contribution in [1.29, 1.82) is 0 Å². The molecule has 17 heavy (non-hydrogen) atoms. The van der Waals surface area contributed by atoms with Crippen molar-refractivity contribution in [3.8, 4) is 0 Å². The molecule has 0 radical (unpaired) electrons. The number of pyridine rings is 1. The van der Waals surface area contributed by atoms with Gasteiger partial charge in [-0.15, -0.1) is 0 Å². The van der Waals surface area contributed by atoms with Crippen LogP contribution in [0.4, 0.5) is 0 Å². The van der Waals surface area contributed by atoms with Gasteiger partial charge in [0.05, 0.1) is 0 Å². The SMILES string of the molecule is CN1CCC(c2nc3cccc(=O)n3[nH]2)CC1. The molecule has 5 nitrogen and oxygen atoms in total. The lowest BCUT2D eigenvalue weighted by Crippen LogP contribution is -2.29. The van der Waals surface area contributed by atoms with Gasteiger partial charge in [0.25, 0.3) is 5.56 Å². The summed E-state index contributed by atoms with van der Waals surface area (Å²) >= 11 is 0. The summed E-state index contributed by atoms with van der Waals surface area (Å²) in [5.74, 6) is 1.40. The average Bonchev–Trinajstić information content (AvgIpc) is 2.75. The van der Waals surface area contributed by atoms with Crippen molar-refractivity contribution < 1.29 is 0 Å². The number of nitrogens with one attached hydrogen (secondary N) is 1. The van der Waals surface area contributed by atoms with E-state index in [-0.39, 0.29) is 5.56 Å². The van der Waals surface area contributed by atoms with E-state index in [1.165, 1.54) is 4.52 Å². The molecule has 1 fully saturated rings. The van der Waals surface area contributed by atoms with E-state index in [2.05, 4.69) is 22.0 Å². The molecule has 0 spiro atoms. The Kier molecular flexibility index (Phi) is 2.48. The van der Waals surface area contributed by atoms with Gasteiger partial charge in [0, 0.05) is 12.0 Å². The highest BCUT2D eigenvalue weighted by Crippen LogP contribution is 2.24. The zero-order valence-electron chi connectivity index (χ0n) is 9.89. The molecule has 3 rings (SSSR count). The highest BCUT2D eigenvalue weighted by Gasteiger charge is 2.21. The summed E-state index contributed by atoms with van der Waals surface area (Å²) < 4.78 is 1.52. The number of fused-ring (bicyclic) bond motifs is 1. The van der Waals surface area contributed by atoms with Crippen molar-refractivity contribution >= 4 is 5.65 Å². The van der Waals surface area contributed by atoms with Crippen LogP contribution in [-0.4, -0.2) is 39.6 Å². The van der Waals surface area contributed by atoms with E-state index >= 15 is 0 Å². The molecule has 1 N–H and O–H groups in total. The largest absolute Gasteiger partial charge is 0.306 e. The summed E-state index contributed by atoms with van der Waals surface area (Å²) in [7, 11) is 2.14. The molecule has 1 aliphatic heterocycles. The fraction of sp³-hybridized carbons (Fsp3) is 0.500. The number of rotatable bonds is 1. The van der Waals surface area contributed by atoms with Gasteiger partial charge in [0.15, 0.2) is 5.65 Å². The second-order valence-corrected chi connectivity index (χ2v) is 4.74. The highest BCUT2D eigenvalue weighted by molar-refractivity contribution is 5.36. The topological polar surface area (TPSA) is 53.4 Å². The lowest BCUT2D eigenvalue weighted by atomic mass is 9.97. The lowest BCUT2D eigenvalue weighted by Gasteiger charge is -2.27. The Balaban J connectivity index is 1.96. The van der Waals surface area contributed by atoms with Crippen LogP contribution in [0, 0.1) is 0 Å². The van der Waals surface area contributed by atoms with Crippen LogP contribution in [0.1, 0.15) is 24.6 Å². The molecule has 90 valence electrons. The summed E-state index contributed by atoms with van der Waals surface area (Å²) in [6, 6.07) is 5.15. The van der Waals surface area contributed by atoms with Gasteiger partial charge in [-0.25, -0.2) is 9.50 Å². The van der Waals surface area contributed by atoms with E-state index < -0.39 is 0 Å². The second-order valence-electron chi connectivity index (χ2n) is 4.74. The molecule has 1 saturated heterocycles. The maximum atomic E-state index is 11.6. The molecule has 5 heteroatoms. The maximum Gasteiger partial charge on any atom is 0.271 e. The van der Waals surface area contributed by atoms with Crippen LogP contribution < -0.4 is 5.56 Å². The molecule has 0 amide bonds. The first-order valence-electron chi connectivity index (χ1n) is 6.00. The minimum absolute atomic E-state index is 0.0471. The van der Waals surface area contributed by atoms with Crippen LogP contribution in [0.15, 0.2) is 23.0 Å². The third-order valence-corrected chi connectivity index (χ3v) is 3.50. The Morgan fingerprint density at radius 2 is 2.12 bits per heavy atom. The standard InChI is InChI=1S/C12H16N4O/c1-15-7-5-9(6-8-15)12-13-10-3-2-4-11(17)16(10)14-12/h2-4,9H,5-8H2,1H3,(H,13,14). The van der Waals surface area contributed by atoms with Gasteiger partial charge >= 0.3 is 0 Å². The van der Waals surface area contributed by atoms with Crippen molar-refractivity contribution in [2.45, 2.75) is 18.8 Å². The van der Waals surface area contributed by atoms with E-state index in [4.69, 9.17) is 0 Å². The molecule has 0 unspecified atom stereocenters. The maximum absolute atomic E-state index is 11.6. The van der Waals surface area contributed by atoms with E-state index in [0.717, 1.165) is 31.8 Å². The van der Waals surface area contributed by atoms with Gasteiger partial charge in [0.2, 0.25) is 0 Å². The molecule has 0 aromatic carbocycles. The predicted octanol–water partition coefficient (Wildman–Crippen LogP) is 0.832. The summed E-state index contributed by atoms with van der Waals surface area (Å²) in [5, 5.41) is 3.12. The Morgan fingerprint density at radius 1 is 1.35 bits per heavy atom. The van der Waals surface area contributed by atoms with Crippen molar-refractivity contribution in [3.63, 3.8) is 0 Å². The normalized spacial score (nSPS) is 18.9. The number of likely N-dealkylation sites (tertiary alicyclic amines) is 1. The predicted molar refractivity (Wildman–Crippen MR) is 65.3 cm³/mol. The van der Waals surface area contributed by atoms with E-state index in [1.807, 2.05) is 6.07 Å². The summed E-state index contributed by atoms with van der Waals surface area (Å²) in [5.41, 5.74) is 0.667. The number of aromatic amines is 1. The minimum atomic E-state index is -0.0471. The van der Waals surface area contributed by atoms with Gasteiger partial charge in [-0.1, -0.05) is 6.07 Å². The number of hydrogen-bond donors (Lipinski definition) is 1. The van der Waals surface area contributed by atoms with Crippen LogP contribution in [0.2, 0.25) is 0 Å². The zero-order valence-corrected chi connectivity index (χ0v) is 9.89. The lowest BCUT2D eigenvalue weighted by molar-refractivity contribution is 0.251. The smallest absolute Gasteiger partial charge is 0.271 e. The summed E-state index contributed by atoms with van der Waals surface area (Å²) in [6.45, 7) is 2.19. The molecular weight excluding hydrogens is 216 g/mol. The number of piperidine rings is 1. The third-order valence-electron chi connectivity index (χ3n) is 3.50. The monoisotopic (exact) mass is 232 g/mol. The highest BCUT2D eigenvalue weighted by atomic mass is 16.1. The van der Waals surface area contributed by atoms with Gasteiger partial charge in [-0.2, -0.15) is 0 Å². The quantitative estimate of drug-likeness (QED) is 0.792. The van der Waals surface area contributed by atoms with Crippen LogP contribution in [0.5, 0.6) is 0 Å². The number of aromatic nitrogens is 3. The Labute approximate surface area is 99.1 Å². The molecule has 2 aromatic rings.